The first-order valence-electron chi connectivity index (χ1n) is 13.2. The second kappa shape index (κ2) is 9.56. The lowest BCUT2D eigenvalue weighted by Crippen LogP contribution is -2.50. The maximum Gasteiger partial charge on any atom is 0.226 e. The Bertz CT molecular complexity index is 886. The molecule has 6 nitrogen and oxygen atoms in total. The normalized spacial score (nSPS) is 30.7. The zero-order valence-corrected chi connectivity index (χ0v) is 23.6. The molecule has 0 bridgehead atoms. The summed E-state index contributed by atoms with van der Waals surface area (Å²) in [6, 6.07) is 9.25. The minimum absolute atomic E-state index is 0.0116. The number of carbonyl (C=O) groups is 1. The minimum atomic E-state index is -2.08. The molecule has 5 atom stereocenters. The van der Waals surface area contributed by atoms with Crippen molar-refractivity contribution in [2.75, 3.05) is 19.8 Å². The summed E-state index contributed by atoms with van der Waals surface area (Å²) in [6.07, 6.45) is 2.26. The van der Waals surface area contributed by atoms with E-state index in [9.17, 15) is 9.90 Å². The molecule has 4 rings (SSSR count). The summed E-state index contributed by atoms with van der Waals surface area (Å²) in [6.45, 7) is 16.8. The highest BCUT2D eigenvalue weighted by atomic mass is 28.4. The standard InChI is InChI=1S/C28H45NO5Si/c1-26(2,3)35(6,7)34-23-13-20-14-28(32-17-27(4,5)18-33-28)15-21(20)24(23)25(31)29-22(16-30)19-11-9-8-10-12-19/h8-12,20-24,30H,13-18H2,1-7H3,(H,29,31)/t20-,21+,22-,23-,24-/m1/s1. The van der Waals surface area contributed by atoms with Crippen LogP contribution in [0.25, 0.3) is 0 Å². The molecule has 0 unspecified atom stereocenters. The molecular formula is C28H45NO5Si. The SMILES string of the molecule is CC1(C)COC2(C[C@H]3C[C@@H](O[Si](C)(C)C(C)(C)C)[C@H](C(=O)N[C@H](CO)c4ccccc4)[C@H]3C2)OC1. The monoisotopic (exact) mass is 503 g/mol. The third kappa shape index (κ3) is 5.54. The summed E-state index contributed by atoms with van der Waals surface area (Å²) in [5.74, 6) is -0.431. The summed E-state index contributed by atoms with van der Waals surface area (Å²) in [5, 5.41) is 13.3. The zero-order valence-electron chi connectivity index (χ0n) is 22.6. The molecule has 1 aromatic rings. The molecule has 0 radical (unpaired) electrons. The van der Waals surface area contributed by atoms with Crippen LogP contribution in [0.4, 0.5) is 0 Å². The number of amides is 1. The van der Waals surface area contributed by atoms with Gasteiger partial charge in [0.2, 0.25) is 5.91 Å². The van der Waals surface area contributed by atoms with Crippen molar-refractivity contribution in [3.05, 3.63) is 35.9 Å². The molecule has 2 saturated carbocycles. The number of ether oxygens (including phenoxy) is 2. The average molecular weight is 504 g/mol. The van der Waals surface area contributed by atoms with E-state index in [-0.39, 0.29) is 40.9 Å². The summed E-state index contributed by atoms with van der Waals surface area (Å²) >= 11 is 0. The van der Waals surface area contributed by atoms with Crippen LogP contribution in [-0.4, -0.2) is 51.0 Å². The number of aliphatic hydroxyl groups is 1. The highest BCUT2D eigenvalue weighted by Gasteiger charge is 2.60. The van der Waals surface area contributed by atoms with Gasteiger partial charge in [-0.1, -0.05) is 65.0 Å². The van der Waals surface area contributed by atoms with Crippen LogP contribution in [-0.2, 0) is 18.7 Å². The van der Waals surface area contributed by atoms with Crippen molar-refractivity contribution in [3.8, 4) is 0 Å². The Balaban J connectivity index is 1.57. The Kier molecular flexibility index (Phi) is 7.32. The van der Waals surface area contributed by atoms with E-state index < -0.39 is 20.1 Å². The topological polar surface area (TPSA) is 77.0 Å². The predicted octanol–water partition coefficient (Wildman–Crippen LogP) is 5.04. The van der Waals surface area contributed by atoms with Gasteiger partial charge >= 0.3 is 0 Å². The first-order chi connectivity index (χ1) is 16.3. The fraction of sp³-hybridized carbons (Fsp3) is 0.750. The Hall–Kier alpha value is -1.25. The average Bonchev–Trinajstić information content (AvgIpc) is 3.27. The molecule has 1 aliphatic heterocycles. The van der Waals surface area contributed by atoms with Gasteiger partial charge in [-0.25, -0.2) is 0 Å². The Morgan fingerprint density at radius 1 is 1.17 bits per heavy atom. The number of benzene rings is 1. The van der Waals surface area contributed by atoms with E-state index >= 15 is 0 Å². The number of hydrogen-bond donors (Lipinski definition) is 2. The number of aliphatic hydroxyl groups excluding tert-OH is 1. The molecule has 1 amide bonds. The predicted molar refractivity (Wildman–Crippen MR) is 139 cm³/mol. The van der Waals surface area contributed by atoms with Crippen LogP contribution in [0.5, 0.6) is 0 Å². The van der Waals surface area contributed by atoms with E-state index in [1.54, 1.807) is 0 Å². The number of hydrogen-bond acceptors (Lipinski definition) is 5. The lowest BCUT2D eigenvalue weighted by molar-refractivity contribution is -0.298. The van der Waals surface area contributed by atoms with E-state index in [4.69, 9.17) is 13.9 Å². The number of rotatable bonds is 6. The summed E-state index contributed by atoms with van der Waals surface area (Å²) in [5.41, 5.74) is 0.918. The first-order valence-corrected chi connectivity index (χ1v) is 16.1. The van der Waals surface area contributed by atoms with Crippen LogP contribution in [0.1, 0.15) is 65.5 Å². The van der Waals surface area contributed by atoms with E-state index in [0.717, 1.165) is 24.8 Å². The first kappa shape index (κ1) is 26.8. The van der Waals surface area contributed by atoms with Crippen LogP contribution >= 0.6 is 0 Å². The fourth-order valence-corrected chi connectivity index (χ4v) is 7.11. The molecule has 3 fully saturated rings. The fourth-order valence-electron chi connectivity index (χ4n) is 5.76. The van der Waals surface area contributed by atoms with Crippen molar-refractivity contribution in [3.63, 3.8) is 0 Å². The van der Waals surface area contributed by atoms with Crippen molar-refractivity contribution in [2.24, 2.45) is 23.2 Å². The Labute approximate surface area is 212 Å². The number of fused-ring (bicyclic) bond motifs is 1. The third-order valence-corrected chi connectivity index (χ3v) is 13.3. The largest absolute Gasteiger partial charge is 0.413 e. The van der Waals surface area contributed by atoms with Crippen molar-refractivity contribution in [1.29, 1.82) is 0 Å². The van der Waals surface area contributed by atoms with E-state index in [1.165, 1.54) is 0 Å². The molecular weight excluding hydrogens is 458 g/mol. The number of nitrogens with one attached hydrogen (secondary N) is 1. The van der Waals surface area contributed by atoms with Crippen molar-refractivity contribution >= 4 is 14.2 Å². The van der Waals surface area contributed by atoms with E-state index in [1.807, 2.05) is 30.3 Å². The van der Waals surface area contributed by atoms with Gasteiger partial charge in [0.1, 0.15) is 0 Å². The van der Waals surface area contributed by atoms with Crippen LogP contribution in [0.15, 0.2) is 30.3 Å². The molecule has 7 heteroatoms. The van der Waals surface area contributed by atoms with Gasteiger partial charge in [0, 0.05) is 18.3 Å². The molecule has 1 heterocycles. The lowest BCUT2D eigenvalue weighted by atomic mass is 9.89. The summed E-state index contributed by atoms with van der Waals surface area (Å²) in [4.78, 5) is 13.9. The van der Waals surface area contributed by atoms with Gasteiger partial charge in [0.15, 0.2) is 14.1 Å². The van der Waals surface area contributed by atoms with Gasteiger partial charge in [-0.2, -0.15) is 0 Å². The maximum absolute atomic E-state index is 13.9. The van der Waals surface area contributed by atoms with Crippen molar-refractivity contribution in [2.45, 2.75) is 89.9 Å². The highest BCUT2D eigenvalue weighted by molar-refractivity contribution is 6.74. The van der Waals surface area contributed by atoms with Crippen LogP contribution in [0, 0.1) is 23.2 Å². The molecule has 0 aromatic heterocycles. The molecule has 1 saturated heterocycles. The Morgan fingerprint density at radius 3 is 2.37 bits per heavy atom. The second-order valence-corrected chi connectivity index (χ2v) is 18.1. The van der Waals surface area contributed by atoms with E-state index in [2.05, 4.69) is 53.0 Å². The molecule has 3 aliphatic rings. The smallest absolute Gasteiger partial charge is 0.226 e. The maximum atomic E-state index is 13.9. The van der Waals surface area contributed by atoms with Gasteiger partial charge in [0.25, 0.3) is 0 Å². The lowest BCUT2D eigenvalue weighted by Gasteiger charge is -2.43. The van der Waals surface area contributed by atoms with Crippen LogP contribution < -0.4 is 5.32 Å². The zero-order chi connectivity index (χ0) is 25.6. The molecule has 1 aromatic carbocycles. The minimum Gasteiger partial charge on any atom is -0.413 e. The molecule has 196 valence electrons. The second-order valence-electron chi connectivity index (χ2n) is 13.3. The summed E-state index contributed by atoms with van der Waals surface area (Å²) in [7, 11) is -2.08. The summed E-state index contributed by atoms with van der Waals surface area (Å²) < 4.78 is 19.6. The van der Waals surface area contributed by atoms with Gasteiger partial charge < -0.3 is 24.3 Å². The van der Waals surface area contributed by atoms with Gasteiger partial charge in [-0.15, -0.1) is 0 Å². The van der Waals surface area contributed by atoms with Crippen molar-refractivity contribution in [1.82, 2.24) is 5.32 Å². The van der Waals surface area contributed by atoms with Crippen LogP contribution in [0.3, 0.4) is 0 Å². The quantitative estimate of drug-likeness (QED) is 0.532. The van der Waals surface area contributed by atoms with Crippen molar-refractivity contribution < 1.29 is 23.8 Å². The molecule has 2 aliphatic carbocycles. The van der Waals surface area contributed by atoms with Crippen LogP contribution in [0.2, 0.25) is 18.1 Å². The molecule has 1 spiro atoms. The number of carbonyl (C=O) groups excluding carboxylic acids is 1. The van der Waals surface area contributed by atoms with Gasteiger partial charge in [-0.3, -0.25) is 4.79 Å². The molecule has 2 N–H and O–H groups in total. The third-order valence-electron chi connectivity index (χ3n) is 8.83. The molecule has 35 heavy (non-hydrogen) atoms. The van der Waals surface area contributed by atoms with Gasteiger partial charge in [0.05, 0.1) is 37.9 Å². The highest BCUT2D eigenvalue weighted by Crippen LogP contribution is 2.56. The van der Waals surface area contributed by atoms with E-state index in [0.29, 0.717) is 19.1 Å². The van der Waals surface area contributed by atoms with Gasteiger partial charge in [-0.05, 0) is 42.0 Å². The Morgan fingerprint density at radius 2 is 1.80 bits per heavy atom.